The lowest BCUT2D eigenvalue weighted by Gasteiger charge is -2.16. The molecule has 0 aliphatic heterocycles. The van der Waals surface area contributed by atoms with Crippen LogP contribution in [0.2, 0.25) is 5.02 Å². The second-order valence-electron chi connectivity index (χ2n) is 4.46. The van der Waals surface area contributed by atoms with Gasteiger partial charge in [0.05, 0.1) is 18.2 Å². The van der Waals surface area contributed by atoms with Crippen molar-refractivity contribution >= 4 is 11.6 Å². The van der Waals surface area contributed by atoms with Crippen LogP contribution in [0.1, 0.15) is 39.7 Å². The van der Waals surface area contributed by atoms with Crippen molar-refractivity contribution in [3.05, 3.63) is 22.7 Å². The van der Waals surface area contributed by atoms with Gasteiger partial charge in [-0.1, -0.05) is 18.5 Å². The molecule has 108 valence electrons. The van der Waals surface area contributed by atoms with Crippen LogP contribution < -0.4 is 14.8 Å². The van der Waals surface area contributed by atoms with E-state index in [1.54, 1.807) is 0 Å². The Bertz CT molecular complexity index is 396. The molecule has 0 spiro atoms. The Hall–Kier alpha value is -0.930. The van der Waals surface area contributed by atoms with Crippen LogP contribution in [0.25, 0.3) is 0 Å². The molecule has 0 heterocycles. The highest BCUT2D eigenvalue weighted by molar-refractivity contribution is 6.32. The molecule has 0 amide bonds. The fourth-order valence-electron chi connectivity index (χ4n) is 1.71. The molecule has 0 bridgehead atoms. The van der Waals surface area contributed by atoms with Crippen molar-refractivity contribution < 1.29 is 9.47 Å². The standard InChI is InChI=1S/C15H24ClNO2/c1-5-11(4)17-10-12-8-13(16)15(19-7-3)14(9-12)18-6-2/h8-9,11,17H,5-7,10H2,1-4H3/t11-/m1/s1. The number of hydrogen-bond donors (Lipinski definition) is 1. The fourth-order valence-corrected chi connectivity index (χ4v) is 2.00. The van der Waals surface area contributed by atoms with E-state index < -0.39 is 0 Å². The lowest BCUT2D eigenvalue weighted by Crippen LogP contribution is -2.24. The van der Waals surface area contributed by atoms with Gasteiger partial charge in [0.1, 0.15) is 0 Å². The van der Waals surface area contributed by atoms with E-state index in [0.717, 1.165) is 24.3 Å². The molecular weight excluding hydrogens is 262 g/mol. The average Bonchev–Trinajstić information content (AvgIpc) is 2.40. The van der Waals surface area contributed by atoms with E-state index in [-0.39, 0.29) is 0 Å². The maximum Gasteiger partial charge on any atom is 0.179 e. The van der Waals surface area contributed by atoms with Crippen LogP contribution in [0.4, 0.5) is 0 Å². The zero-order chi connectivity index (χ0) is 14.3. The quantitative estimate of drug-likeness (QED) is 0.782. The number of rotatable bonds is 8. The molecule has 3 nitrogen and oxygen atoms in total. The predicted octanol–water partition coefficient (Wildman–Crippen LogP) is 4.03. The summed E-state index contributed by atoms with van der Waals surface area (Å²) in [5, 5.41) is 4.05. The molecule has 0 radical (unpaired) electrons. The second-order valence-corrected chi connectivity index (χ2v) is 4.87. The summed E-state index contributed by atoms with van der Waals surface area (Å²) in [6.07, 6.45) is 1.10. The normalized spacial score (nSPS) is 12.3. The van der Waals surface area contributed by atoms with Crippen LogP contribution in [-0.4, -0.2) is 19.3 Å². The largest absolute Gasteiger partial charge is 0.490 e. The number of ether oxygens (including phenoxy) is 2. The molecule has 0 aromatic heterocycles. The first-order valence-electron chi connectivity index (χ1n) is 6.93. The Morgan fingerprint density at radius 1 is 1.16 bits per heavy atom. The summed E-state index contributed by atoms with van der Waals surface area (Å²) in [5.74, 6) is 1.36. The summed E-state index contributed by atoms with van der Waals surface area (Å²) in [7, 11) is 0. The van der Waals surface area contributed by atoms with Gasteiger partial charge in [0, 0.05) is 12.6 Å². The van der Waals surface area contributed by atoms with Gasteiger partial charge in [-0.05, 0) is 44.9 Å². The summed E-state index contributed by atoms with van der Waals surface area (Å²) in [5.41, 5.74) is 1.11. The van der Waals surface area contributed by atoms with Gasteiger partial charge >= 0.3 is 0 Å². The van der Waals surface area contributed by atoms with E-state index in [1.807, 2.05) is 26.0 Å². The second kappa shape index (κ2) is 8.28. The topological polar surface area (TPSA) is 30.5 Å². The van der Waals surface area contributed by atoms with Crippen molar-refractivity contribution in [3.63, 3.8) is 0 Å². The van der Waals surface area contributed by atoms with Crippen molar-refractivity contribution in [2.75, 3.05) is 13.2 Å². The molecule has 1 atom stereocenters. The van der Waals surface area contributed by atoms with Gasteiger partial charge in [-0.25, -0.2) is 0 Å². The fraction of sp³-hybridized carbons (Fsp3) is 0.600. The monoisotopic (exact) mass is 285 g/mol. The third-order valence-corrected chi connectivity index (χ3v) is 3.21. The molecule has 0 saturated carbocycles. The Labute approximate surface area is 121 Å². The molecule has 19 heavy (non-hydrogen) atoms. The lowest BCUT2D eigenvalue weighted by atomic mass is 10.1. The molecule has 0 saturated heterocycles. The van der Waals surface area contributed by atoms with Gasteiger partial charge in [0.15, 0.2) is 11.5 Å². The highest BCUT2D eigenvalue weighted by atomic mass is 35.5. The average molecular weight is 286 g/mol. The Balaban J connectivity index is 2.89. The molecule has 0 aliphatic rings. The van der Waals surface area contributed by atoms with E-state index in [9.17, 15) is 0 Å². The Morgan fingerprint density at radius 2 is 1.84 bits per heavy atom. The van der Waals surface area contributed by atoms with E-state index >= 15 is 0 Å². The van der Waals surface area contributed by atoms with Crippen LogP contribution in [0.3, 0.4) is 0 Å². The van der Waals surface area contributed by atoms with Crippen molar-refractivity contribution in [2.45, 2.75) is 46.7 Å². The van der Waals surface area contributed by atoms with E-state index in [0.29, 0.717) is 30.0 Å². The van der Waals surface area contributed by atoms with Crippen LogP contribution >= 0.6 is 11.6 Å². The Kier molecular flexibility index (Phi) is 7.03. The smallest absolute Gasteiger partial charge is 0.179 e. The van der Waals surface area contributed by atoms with E-state index in [1.165, 1.54) is 0 Å². The first kappa shape index (κ1) is 16.1. The summed E-state index contributed by atoms with van der Waals surface area (Å²) < 4.78 is 11.2. The molecule has 0 fully saturated rings. The number of halogens is 1. The minimum Gasteiger partial charge on any atom is -0.490 e. The summed E-state index contributed by atoms with van der Waals surface area (Å²) >= 11 is 6.27. The molecule has 1 N–H and O–H groups in total. The minimum absolute atomic E-state index is 0.487. The summed E-state index contributed by atoms with van der Waals surface area (Å²) in [6.45, 7) is 10.2. The third kappa shape index (κ3) is 4.92. The van der Waals surface area contributed by atoms with Crippen molar-refractivity contribution in [1.82, 2.24) is 5.32 Å². The van der Waals surface area contributed by atoms with Crippen LogP contribution in [0.15, 0.2) is 12.1 Å². The Morgan fingerprint density at radius 3 is 2.42 bits per heavy atom. The van der Waals surface area contributed by atoms with E-state index in [4.69, 9.17) is 21.1 Å². The third-order valence-electron chi connectivity index (χ3n) is 2.92. The first-order valence-corrected chi connectivity index (χ1v) is 7.31. The van der Waals surface area contributed by atoms with Crippen LogP contribution in [-0.2, 0) is 6.54 Å². The highest BCUT2D eigenvalue weighted by Crippen LogP contribution is 2.36. The summed E-state index contributed by atoms with van der Waals surface area (Å²) in [4.78, 5) is 0. The highest BCUT2D eigenvalue weighted by Gasteiger charge is 2.12. The van der Waals surface area contributed by atoms with Crippen LogP contribution in [0.5, 0.6) is 11.5 Å². The molecule has 4 heteroatoms. The number of nitrogens with one attached hydrogen (secondary N) is 1. The van der Waals surface area contributed by atoms with Gasteiger partial charge in [0.2, 0.25) is 0 Å². The molecule has 1 aromatic carbocycles. The van der Waals surface area contributed by atoms with Gasteiger partial charge in [0.25, 0.3) is 0 Å². The summed E-state index contributed by atoms with van der Waals surface area (Å²) in [6, 6.07) is 4.42. The minimum atomic E-state index is 0.487. The van der Waals surface area contributed by atoms with Crippen LogP contribution in [0, 0.1) is 0 Å². The van der Waals surface area contributed by atoms with Crippen molar-refractivity contribution in [1.29, 1.82) is 0 Å². The number of hydrogen-bond acceptors (Lipinski definition) is 3. The van der Waals surface area contributed by atoms with Crippen molar-refractivity contribution in [2.24, 2.45) is 0 Å². The zero-order valence-corrected chi connectivity index (χ0v) is 13.0. The molecular formula is C15H24ClNO2. The van der Waals surface area contributed by atoms with Gasteiger partial charge < -0.3 is 14.8 Å². The van der Waals surface area contributed by atoms with Gasteiger partial charge in [-0.2, -0.15) is 0 Å². The molecule has 0 unspecified atom stereocenters. The molecule has 1 aromatic rings. The number of benzene rings is 1. The van der Waals surface area contributed by atoms with Gasteiger partial charge in [-0.15, -0.1) is 0 Å². The van der Waals surface area contributed by atoms with Crippen molar-refractivity contribution in [3.8, 4) is 11.5 Å². The predicted molar refractivity (Wildman–Crippen MR) is 80.4 cm³/mol. The SMILES string of the molecule is CCOc1cc(CN[C@H](C)CC)cc(Cl)c1OCC. The molecule has 1 rings (SSSR count). The lowest BCUT2D eigenvalue weighted by molar-refractivity contribution is 0.287. The van der Waals surface area contributed by atoms with E-state index in [2.05, 4.69) is 19.2 Å². The van der Waals surface area contributed by atoms with Gasteiger partial charge in [-0.3, -0.25) is 0 Å². The zero-order valence-electron chi connectivity index (χ0n) is 12.3. The maximum absolute atomic E-state index is 6.27. The molecule has 0 aliphatic carbocycles. The first-order chi connectivity index (χ1) is 9.12. The maximum atomic E-state index is 6.27.